The van der Waals surface area contributed by atoms with Crippen LogP contribution in [-0.4, -0.2) is 65.5 Å². The van der Waals surface area contributed by atoms with E-state index in [0.717, 1.165) is 54.5 Å². The highest BCUT2D eigenvalue weighted by atomic mass is 16.5. The summed E-state index contributed by atoms with van der Waals surface area (Å²) in [6.07, 6.45) is 2.36. The Bertz CT molecular complexity index is 912. The van der Waals surface area contributed by atoms with Gasteiger partial charge in [0.05, 0.1) is 19.8 Å². The number of H-pyrrole nitrogens is 1. The lowest BCUT2D eigenvalue weighted by molar-refractivity contribution is -0.128. The molecule has 0 aliphatic carbocycles. The summed E-state index contributed by atoms with van der Waals surface area (Å²) in [5, 5.41) is 10.6. The lowest BCUT2D eigenvalue weighted by atomic mass is 9.99. The van der Waals surface area contributed by atoms with Crippen molar-refractivity contribution >= 4 is 5.91 Å². The molecule has 2 atom stereocenters. The van der Waals surface area contributed by atoms with Gasteiger partial charge in [-0.1, -0.05) is 6.07 Å². The molecule has 3 heterocycles. The van der Waals surface area contributed by atoms with Gasteiger partial charge in [-0.25, -0.2) is 4.98 Å². The van der Waals surface area contributed by atoms with Gasteiger partial charge in [-0.15, -0.1) is 0 Å². The standard InChI is InChI=1S/C23H33N5O4/c1-4-32-20-6-5-16(11-21(20)30-3)13-28-14-18(12-19(28)22-24-15(2)26-27-22)25-23(29)17-7-9-31-10-8-17/h5-6,11,17-19H,4,7-10,12-14H2,1-3H3,(H,25,29)(H,24,26,27)/t18-,19-/m0/s1. The number of aryl methyl sites for hydroxylation is 1. The predicted molar refractivity (Wildman–Crippen MR) is 119 cm³/mol. The van der Waals surface area contributed by atoms with Gasteiger partial charge in [0.15, 0.2) is 17.3 Å². The molecule has 4 rings (SSSR count). The fourth-order valence-corrected chi connectivity index (χ4v) is 4.56. The topological polar surface area (TPSA) is 102 Å². The Morgan fingerprint density at radius 2 is 2.12 bits per heavy atom. The monoisotopic (exact) mass is 443 g/mol. The maximum atomic E-state index is 12.8. The molecule has 32 heavy (non-hydrogen) atoms. The number of likely N-dealkylation sites (tertiary alicyclic amines) is 1. The number of aromatic nitrogens is 3. The number of aromatic amines is 1. The summed E-state index contributed by atoms with van der Waals surface area (Å²) in [5.41, 5.74) is 1.11. The Kier molecular flexibility index (Phi) is 7.26. The first kappa shape index (κ1) is 22.5. The number of nitrogens with one attached hydrogen (secondary N) is 2. The second-order valence-corrected chi connectivity index (χ2v) is 8.47. The third-order valence-corrected chi connectivity index (χ3v) is 6.17. The third kappa shape index (κ3) is 5.21. The summed E-state index contributed by atoms with van der Waals surface area (Å²) in [7, 11) is 1.65. The van der Waals surface area contributed by atoms with E-state index in [-0.39, 0.29) is 23.9 Å². The van der Waals surface area contributed by atoms with Crippen LogP contribution in [0.3, 0.4) is 0 Å². The van der Waals surface area contributed by atoms with E-state index in [9.17, 15) is 4.79 Å². The van der Waals surface area contributed by atoms with Crippen LogP contribution in [0, 0.1) is 12.8 Å². The van der Waals surface area contributed by atoms with Crippen LogP contribution in [0.25, 0.3) is 0 Å². The van der Waals surface area contributed by atoms with Gasteiger partial charge in [-0.05, 0) is 50.8 Å². The SMILES string of the molecule is CCOc1ccc(CN2C[C@@H](NC(=O)C3CCOCC3)C[C@H]2c2n[nH]c(C)n2)cc1OC. The second-order valence-electron chi connectivity index (χ2n) is 8.47. The van der Waals surface area contributed by atoms with Gasteiger partial charge >= 0.3 is 0 Å². The number of rotatable bonds is 8. The van der Waals surface area contributed by atoms with Gasteiger partial charge in [0.2, 0.25) is 5.91 Å². The van der Waals surface area contributed by atoms with E-state index in [1.165, 1.54) is 0 Å². The lowest BCUT2D eigenvalue weighted by Crippen LogP contribution is -2.42. The van der Waals surface area contributed by atoms with Gasteiger partial charge in [-0.3, -0.25) is 14.8 Å². The van der Waals surface area contributed by atoms with Crippen LogP contribution in [0.5, 0.6) is 11.5 Å². The van der Waals surface area contributed by atoms with Crippen molar-refractivity contribution in [2.75, 3.05) is 33.5 Å². The van der Waals surface area contributed by atoms with Gasteiger partial charge in [0.25, 0.3) is 0 Å². The average Bonchev–Trinajstić information content (AvgIpc) is 3.41. The van der Waals surface area contributed by atoms with Crippen molar-refractivity contribution in [1.29, 1.82) is 0 Å². The first-order chi connectivity index (χ1) is 15.6. The largest absolute Gasteiger partial charge is 0.493 e. The van der Waals surface area contributed by atoms with Crippen LogP contribution < -0.4 is 14.8 Å². The maximum Gasteiger partial charge on any atom is 0.223 e. The minimum atomic E-state index is 0.0255. The van der Waals surface area contributed by atoms with Crippen molar-refractivity contribution in [2.45, 2.75) is 51.7 Å². The van der Waals surface area contributed by atoms with E-state index in [1.54, 1.807) is 7.11 Å². The van der Waals surface area contributed by atoms with Crippen molar-refractivity contribution in [3.63, 3.8) is 0 Å². The smallest absolute Gasteiger partial charge is 0.223 e. The molecule has 0 spiro atoms. The summed E-state index contributed by atoms with van der Waals surface area (Å²) in [6, 6.07) is 6.10. The molecular formula is C23H33N5O4. The summed E-state index contributed by atoms with van der Waals surface area (Å²) in [5.74, 6) is 3.19. The maximum absolute atomic E-state index is 12.8. The Hall–Kier alpha value is -2.65. The van der Waals surface area contributed by atoms with Gasteiger partial charge < -0.3 is 19.5 Å². The van der Waals surface area contributed by atoms with Gasteiger partial charge in [0.1, 0.15) is 5.82 Å². The molecular weight excluding hydrogens is 410 g/mol. The third-order valence-electron chi connectivity index (χ3n) is 6.17. The molecule has 1 aromatic heterocycles. The number of carbonyl (C=O) groups excluding carboxylic acids is 1. The minimum absolute atomic E-state index is 0.0255. The number of methoxy groups -OCH3 is 1. The first-order valence-electron chi connectivity index (χ1n) is 11.4. The zero-order valence-corrected chi connectivity index (χ0v) is 19.1. The molecule has 2 saturated heterocycles. The average molecular weight is 444 g/mol. The molecule has 2 aliphatic rings. The molecule has 0 saturated carbocycles. The minimum Gasteiger partial charge on any atom is -0.493 e. The van der Waals surface area contributed by atoms with Crippen molar-refractivity contribution < 1.29 is 19.0 Å². The van der Waals surface area contributed by atoms with Crippen LogP contribution >= 0.6 is 0 Å². The molecule has 1 amide bonds. The Morgan fingerprint density at radius 3 is 2.81 bits per heavy atom. The normalized spacial score (nSPS) is 22.1. The molecule has 0 bridgehead atoms. The summed E-state index contributed by atoms with van der Waals surface area (Å²) in [6.45, 7) is 7.20. The zero-order valence-electron chi connectivity index (χ0n) is 19.1. The highest BCUT2D eigenvalue weighted by Gasteiger charge is 2.37. The van der Waals surface area contributed by atoms with E-state index < -0.39 is 0 Å². The van der Waals surface area contributed by atoms with Crippen LogP contribution in [0.4, 0.5) is 0 Å². The molecule has 2 fully saturated rings. The fourth-order valence-electron chi connectivity index (χ4n) is 4.56. The lowest BCUT2D eigenvalue weighted by Gasteiger charge is -2.24. The summed E-state index contributed by atoms with van der Waals surface area (Å²) in [4.78, 5) is 19.7. The Morgan fingerprint density at radius 1 is 1.31 bits per heavy atom. The van der Waals surface area contributed by atoms with E-state index >= 15 is 0 Å². The van der Waals surface area contributed by atoms with Crippen LogP contribution in [0.2, 0.25) is 0 Å². The number of hydrogen-bond donors (Lipinski definition) is 2. The molecule has 9 heteroatoms. The van der Waals surface area contributed by atoms with Crippen LogP contribution in [0.1, 0.15) is 49.4 Å². The number of benzene rings is 1. The molecule has 1 aromatic carbocycles. The summed E-state index contributed by atoms with van der Waals surface area (Å²) < 4.78 is 16.6. The number of ether oxygens (including phenoxy) is 3. The van der Waals surface area contributed by atoms with Crippen LogP contribution in [-0.2, 0) is 16.1 Å². The van der Waals surface area contributed by atoms with Crippen molar-refractivity contribution in [3.8, 4) is 11.5 Å². The Labute approximate surface area is 188 Å². The van der Waals surface area contributed by atoms with Gasteiger partial charge in [0, 0.05) is 38.3 Å². The zero-order chi connectivity index (χ0) is 22.5. The molecule has 2 aromatic rings. The molecule has 2 aliphatic heterocycles. The van der Waals surface area contributed by atoms with Crippen molar-refractivity contribution in [3.05, 3.63) is 35.4 Å². The first-order valence-corrected chi connectivity index (χ1v) is 11.4. The summed E-state index contributed by atoms with van der Waals surface area (Å²) >= 11 is 0. The number of amides is 1. The van der Waals surface area contributed by atoms with Crippen molar-refractivity contribution in [1.82, 2.24) is 25.4 Å². The number of hydrogen-bond acceptors (Lipinski definition) is 7. The molecule has 2 N–H and O–H groups in total. The van der Waals surface area contributed by atoms with Crippen LogP contribution in [0.15, 0.2) is 18.2 Å². The number of nitrogens with zero attached hydrogens (tertiary/aromatic N) is 3. The van der Waals surface area contributed by atoms with Crippen molar-refractivity contribution in [2.24, 2.45) is 5.92 Å². The number of carbonyl (C=O) groups is 1. The fraction of sp³-hybridized carbons (Fsp3) is 0.609. The quantitative estimate of drug-likeness (QED) is 0.646. The van der Waals surface area contributed by atoms with E-state index in [4.69, 9.17) is 14.2 Å². The molecule has 0 unspecified atom stereocenters. The molecule has 0 radical (unpaired) electrons. The molecule has 9 nitrogen and oxygen atoms in total. The predicted octanol–water partition coefficient (Wildman–Crippen LogP) is 2.38. The van der Waals surface area contributed by atoms with E-state index in [2.05, 4.69) is 31.5 Å². The van der Waals surface area contributed by atoms with E-state index in [1.807, 2.05) is 26.0 Å². The Balaban J connectivity index is 1.48. The van der Waals surface area contributed by atoms with E-state index in [0.29, 0.717) is 26.4 Å². The highest BCUT2D eigenvalue weighted by molar-refractivity contribution is 5.79. The second kappa shape index (κ2) is 10.3. The molecule has 174 valence electrons. The highest BCUT2D eigenvalue weighted by Crippen LogP contribution is 2.34. The van der Waals surface area contributed by atoms with Gasteiger partial charge in [-0.2, -0.15) is 5.10 Å².